The maximum atomic E-state index is 12.3. The molecule has 3 aromatic rings. The first-order valence-electron chi connectivity index (χ1n) is 8.59. The molecular formula is C20H20N2O6S. The second-order valence-electron chi connectivity index (χ2n) is 6.02. The van der Waals surface area contributed by atoms with Crippen LogP contribution in [0.1, 0.15) is 10.6 Å². The number of benzene rings is 1. The molecule has 2 heterocycles. The number of furan rings is 1. The molecule has 0 saturated carbocycles. The van der Waals surface area contributed by atoms with Gasteiger partial charge < -0.3 is 29.6 Å². The van der Waals surface area contributed by atoms with Gasteiger partial charge in [0, 0.05) is 16.6 Å². The minimum atomic E-state index is -1.59. The number of amides is 2. The van der Waals surface area contributed by atoms with Gasteiger partial charge in [-0.3, -0.25) is 9.59 Å². The molecule has 2 aromatic heterocycles. The highest BCUT2D eigenvalue weighted by molar-refractivity contribution is 7.10. The molecule has 1 unspecified atom stereocenters. The molecule has 1 aromatic carbocycles. The molecule has 0 fully saturated rings. The van der Waals surface area contributed by atoms with E-state index in [2.05, 4.69) is 10.6 Å². The lowest BCUT2D eigenvalue weighted by Crippen LogP contribution is -2.44. The van der Waals surface area contributed by atoms with Crippen LogP contribution in [-0.4, -0.2) is 37.7 Å². The van der Waals surface area contributed by atoms with E-state index in [1.807, 2.05) is 0 Å². The fourth-order valence-corrected chi connectivity index (χ4v) is 3.54. The van der Waals surface area contributed by atoms with Gasteiger partial charge in [-0.05, 0) is 35.7 Å². The molecule has 0 aliphatic rings. The molecule has 152 valence electrons. The Morgan fingerprint density at radius 3 is 2.52 bits per heavy atom. The summed E-state index contributed by atoms with van der Waals surface area (Å²) < 4.78 is 15.6. The average molecular weight is 416 g/mol. The van der Waals surface area contributed by atoms with Gasteiger partial charge in [-0.25, -0.2) is 0 Å². The first kappa shape index (κ1) is 20.4. The predicted octanol–water partition coefficient (Wildman–Crippen LogP) is 2.35. The van der Waals surface area contributed by atoms with Crippen molar-refractivity contribution in [2.45, 2.75) is 5.60 Å². The van der Waals surface area contributed by atoms with E-state index < -0.39 is 17.4 Å². The molecule has 0 aliphatic heterocycles. The number of hydrogen-bond donors (Lipinski definition) is 3. The van der Waals surface area contributed by atoms with Crippen molar-refractivity contribution < 1.29 is 28.6 Å². The second kappa shape index (κ2) is 8.80. The van der Waals surface area contributed by atoms with Gasteiger partial charge in [0.1, 0.15) is 5.76 Å². The third kappa shape index (κ3) is 4.41. The van der Waals surface area contributed by atoms with Gasteiger partial charge in [-0.15, -0.1) is 11.3 Å². The van der Waals surface area contributed by atoms with E-state index in [1.54, 1.807) is 41.8 Å². The molecule has 29 heavy (non-hydrogen) atoms. The molecule has 8 nitrogen and oxygen atoms in total. The van der Waals surface area contributed by atoms with Crippen LogP contribution in [0.25, 0.3) is 0 Å². The SMILES string of the molecule is COc1ccc(NC(=O)C(=O)NCC(O)(c2ccco2)c2cccs2)cc1OC. The van der Waals surface area contributed by atoms with Crippen LogP contribution >= 0.6 is 11.3 Å². The summed E-state index contributed by atoms with van der Waals surface area (Å²) in [5.41, 5.74) is -1.22. The van der Waals surface area contributed by atoms with Gasteiger partial charge in [-0.2, -0.15) is 0 Å². The fraction of sp³-hybridized carbons (Fsp3) is 0.200. The van der Waals surface area contributed by atoms with Crippen molar-refractivity contribution in [1.82, 2.24) is 5.32 Å². The van der Waals surface area contributed by atoms with E-state index >= 15 is 0 Å². The van der Waals surface area contributed by atoms with Crippen molar-refractivity contribution in [1.29, 1.82) is 0 Å². The zero-order valence-corrected chi connectivity index (χ0v) is 16.6. The van der Waals surface area contributed by atoms with Crippen LogP contribution in [0.4, 0.5) is 5.69 Å². The highest BCUT2D eigenvalue weighted by atomic mass is 32.1. The van der Waals surface area contributed by atoms with Crippen LogP contribution in [0, 0.1) is 0 Å². The van der Waals surface area contributed by atoms with Gasteiger partial charge in [0.15, 0.2) is 17.1 Å². The molecule has 3 rings (SSSR count). The lowest BCUT2D eigenvalue weighted by atomic mass is 9.98. The van der Waals surface area contributed by atoms with Gasteiger partial charge >= 0.3 is 11.8 Å². The van der Waals surface area contributed by atoms with Crippen LogP contribution in [0.3, 0.4) is 0 Å². The van der Waals surface area contributed by atoms with Gasteiger partial charge in [0.2, 0.25) is 0 Å². The molecule has 9 heteroatoms. The predicted molar refractivity (Wildman–Crippen MR) is 107 cm³/mol. The lowest BCUT2D eigenvalue weighted by Gasteiger charge is -2.25. The minimum Gasteiger partial charge on any atom is -0.493 e. The molecule has 0 saturated heterocycles. The summed E-state index contributed by atoms with van der Waals surface area (Å²) in [7, 11) is 2.97. The number of hydrogen-bond acceptors (Lipinski definition) is 7. The summed E-state index contributed by atoms with van der Waals surface area (Å²) in [6, 6.07) is 11.5. The number of aliphatic hydroxyl groups is 1. The molecule has 0 aliphatic carbocycles. The Hall–Kier alpha value is -3.30. The number of anilines is 1. The van der Waals surface area contributed by atoms with Crippen LogP contribution in [0.5, 0.6) is 11.5 Å². The topological polar surface area (TPSA) is 110 Å². The Labute approximate surface area is 171 Å². The molecule has 0 bridgehead atoms. The highest BCUT2D eigenvalue weighted by Gasteiger charge is 2.36. The molecule has 0 radical (unpaired) electrons. The van der Waals surface area contributed by atoms with Crippen molar-refractivity contribution in [3.63, 3.8) is 0 Å². The second-order valence-corrected chi connectivity index (χ2v) is 6.97. The van der Waals surface area contributed by atoms with Crippen molar-refractivity contribution in [3.05, 3.63) is 64.7 Å². The summed E-state index contributed by atoms with van der Waals surface area (Å²) in [4.78, 5) is 25.1. The molecule has 0 spiro atoms. The third-order valence-corrected chi connectivity index (χ3v) is 5.23. The Bertz CT molecular complexity index is 935. The number of carbonyl (C=O) groups excluding carboxylic acids is 2. The Morgan fingerprint density at radius 1 is 1.10 bits per heavy atom. The number of ether oxygens (including phenoxy) is 2. The van der Waals surface area contributed by atoms with Crippen LogP contribution in [0.15, 0.2) is 58.5 Å². The zero-order chi connectivity index (χ0) is 20.9. The Balaban J connectivity index is 1.68. The van der Waals surface area contributed by atoms with Gasteiger partial charge in [0.05, 0.1) is 27.0 Å². The average Bonchev–Trinajstić information content (AvgIpc) is 3.46. The van der Waals surface area contributed by atoms with Crippen molar-refractivity contribution in [3.8, 4) is 11.5 Å². The van der Waals surface area contributed by atoms with Crippen molar-refractivity contribution >= 4 is 28.8 Å². The van der Waals surface area contributed by atoms with E-state index in [0.29, 0.717) is 22.1 Å². The third-order valence-electron chi connectivity index (χ3n) is 4.21. The summed E-state index contributed by atoms with van der Waals surface area (Å²) in [6.07, 6.45) is 1.43. The maximum absolute atomic E-state index is 12.3. The van der Waals surface area contributed by atoms with Crippen molar-refractivity contribution in [2.75, 3.05) is 26.1 Å². The van der Waals surface area contributed by atoms with Crippen LogP contribution in [-0.2, 0) is 15.2 Å². The lowest BCUT2D eigenvalue weighted by molar-refractivity contribution is -0.136. The zero-order valence-electron chi connectivity index (χ0n) is 15.8. The standard InChI is InChI=1S/C20H20N2O6S/c1-26-14-8-7-13(11-15(14)27-2)22-19(24)18(23)21-12-20(25,16-5-3-9-28-16)17-6-4-10-29-17/h3-11,25H,12H2,1-2H3,(H,21,23)(H,22,24). The Kier molecular flexibility index (Phi) is 6.20. The first-order chi connectivity index (χ1) is 14.0. The highest BCUT2D eigenvalue weighted by Crippen LogP contribution is 2.33. The van der Waals surface area contributed by atoms with E-state index in [1.165, 1.54) is 37.9 Å². The first-order valence-corrected chi connectivity index (χ1v) is 9.47. The van der Waals surface area contributed by atoms with Crippen LogP contribution < -0.4 is 20.1 Å². The summed E-state index contributed by atoms with van der Waals surface area (Å²) >= 11 is 1.31. The molecule has 3 N–H and O–H groups in total. The summed E-state index contributed by atoms with van der Waals surface area (Å²) in [5, 5.41) is 17.9. The van der Waals surface area contributed by atoms with E-state index in [9.17, 15) is 14.7 Å². The number of carbonyl (C=O) groups is 2. The van der Waals surface area contributed by atoms with Crippen LogP contribution in [0.2, 0.25) is 0 Å². The summed E-state index contributed by atoms with van der Waals surface area (Å²) in [5.74, 6) is -0.614. The van der Waals surface area contributed by atoms with Gasteiger partial charge in [-0.1, -0.05) is 6.07 Å². The monoisotopic (exact) mass is 416 g/mol. The minimum absolute atomic E-state index is 0.237. The molecule has 2 amide bonds. The largest absolute Gasteiger partial charge is 0.493 e. The quantitative estimate of drug-likeness (QED) is 0.510. The van der Waals surface area contributed by atoms with Crippen molar-refractivity contribution in [2.24, 2.45) is 0 Å². The van der Waals surface area contributed by atoms with E-state index in [0.717, 1.165) is 0 Å². The molecular weight excluding hydrogens is 396 g/mol. The van der Waals surface area contributed by atoms with E-state index in [-0.39, 0.29) is 12.3 Å². The fourth-order valence-electron chi connectivity index (χ4n) is 2.71. The summed E-state index contributed by atoms with van der Waals surface area (Å²) in [6.45, 7) is -0.237. The normalized spacial score (nSPS) is 12.7. The molecule has 1 atom stereocenters. The number of nitrogens with one attached hydrogen (secondary N) is 2. The number of rotatable bonds is 7. The number of thiophene rings is 1. The Morgan fingerprint density at radius 2 is 1.90 bits per heavy atom. The van der Waals surface area contributed by atoms with Gasteiger partial charge in [0.25, 0.3) is 0 Å². The maximum Gasteiger partial charge on any atom is 0.313 e. The smallest absolute Gasteiger partial charge is 0.313 e. The number of methoxy groups -OCH3 is 2. The van der Waals surface area contributed by atoms with E-state index in [4.69, 9.17) is 13.9 Å².